The SMILES string of the molecule is Cc1ccccc1OCc1ccc(C(=O)Nc2nn(Cc3c(F)cccc3Cl)cc2Br)o1. The van der Waals surface area contributed by atoms with Gasteiger partial charge in [0.1, 0.15) is 23.9 Å². The molecule has 1 amide bonds. The molecule has 0 spiro atoms. The molecule has 0 saturated heterocycles. The number of benzene rings is 2. The number of amides is 1. The van der Waals surface area contributed by atoms with Gasteiger partial charge in [0.25, 0.3) is 5.91 Å². The van der Waals surface area contributed by atoms with Crippen LogP contribution in [0.15, 0.2) is 69.7 Å². The van der Waals surface area contributed by atoms with E-state index in [9.17, 15) is 9.18 Å². The smallest absolute Gasteiger partial charge is 0.292 e. The average molecular weight is 519 g/mol. The Morgan fingerprint density at radius 1 is 1.22 bits per heavy atom. The monoisotopic (exact) mass is 517 g/mol. The summed E-state index contributed by atoms with van der Waals surface area (Å²) >= 11 is 9.44. The highest BCUT2D eigenvalue weighted by Gasteiger charge is 2.17. The van der Waals surface area contributed by atoms with Crippen molar-refractivity contribution in [2.24, 2.45) is 0 Å². The highest BCUT2D eigenvalue weighted by Crippen LogP contribution is 2.25. The van der Waals surface area contributed by atoms with Gasteiger partial charge in [0, 0.05) is 16.8 Å². The molecule has 32 heavy (non-hydrogen) atoms. The van der Waals surface area contributed by atoms with E-state index in [-0.39, 0.29) is 24.7 Å². The first-order valence-corrected chi connectivity index (χ1v) is 10.8. The fourth-order valence-corrected chi connectivity index (χ4v) is 3.66. The number of ether oxygens (including phenoxy) is 1. The van der Waals surface area contributed by atoms with Crippen LogP contribution < -0.4 is 10.1 Å². The third-order valence-electron chi connectivity index (χ3n) is 4.68. The molecule has 4 rings (SSSR count). The molecule has 0 atom stereocenters. The molecule has 0 unspecified atom stereocenters. The molecule has 0 aliphatic rings. The van der Waals surface area contributed by atoms with E-state index in [2.05, 4.69) is 26.3 Å². The van der Waals surface area contributed by atoms with Crippen LogP contribution in [-0.2, 0) is 13.2 Å². The Kier molecular flexibility index (Phi) is 6.62. The van der Waals surface area contributed by atoms with E-state index < -0.39 is 11.7 Å². The minimum atomic E-state index is -0.470. The van der Waals surface area contributed by atoms with Crippen LogP contribution in [0.1, 0.15) is 27.4 Å². The molecule has 1 N–H and O–H groups in total. The van der Waals surface area contributed by atoms with Gasteiger partial charge in [0.15, 0.2) is 11.6 Å². The van der Waals surface area contributed by atoms with Gasteiger partial charge in [0.05, 0.1) is 11.0 Å². The summed E-state index contributed by atoms with van der Waals surface area (Å²) in [7, 11) is 0. The zero-order valence-corrected chi connectivity index (χ0v) is 19.3. The number of nitrogens with one attached hydrogen (secondary N) is 1. The molecular formula is C23H18BrClFN3O3. The fourth-order valence-electron chi connectivity index (χ4n) is 3.02. The second kappa shape index (κ2) is 9.58. The lowest BCUT2D eigenvalue weighted by Gasteiger charge is -2.07. The van der Waals surface area contributed by atoms with E-state index in [1.807, 2.05) is 31.2 Å². The molecule has 0 bridgehead atoms. The summed E-state index contributed by atoms with van der Waals surface area (Å²) in [6.07, 6.45) is 1.63. The quantitative estimate of drug-likeness (QED) is 0.315. The summed E-state index contributed by atoms with van der Waals surface area (Å²) in [6, 6.07) is 15.4. The lowest BCUT2D eigenvalue weighted by Crippen LogP contribution is -2.12. The van der Waals surface area contributed by atoms with Crippen molar-refractivity contribution in [3.8, 4) is 5.75 Å². The first-order valence-electron chi connectivity index (χ1n) is 9.65. The van der Waals surface area contributed by atoms with Crippen LogP contribution in [0.3, 0.4) is 0 Å². The molecule has 9 heteroatoms. The van der Waals surface area contributed by atoms with Crippen LogP contribution in [0.2, 0.25) is 5.02 Å². The van der Waals surface area contributed by atoms with Crippen LogP contribution >= 0.6 is 27.5 Å². The average Bonchev–Trinajstić information content (AvgIpc) is 3.37. The van der Waals surface area contributed by atoms with Crippen LogP contribution in [0.4, 0.5) is 10.2 Å². The topological polar surface area (TPSA) is 69.3 Å². The Morgan fingerprint density at radius 2 is 2.03 bits per heavy atom. The molecular weight excluding hydrogens is 501 g/mol. The van der Waals surface area contributed by atoms with Gasteiger partial charge >= 0.3 is 0 Å². The minimum Gasteiger partial charge on any atom is -0.485 e. The molecule has 2 heterocycles. The molecule has 164 valence electrons. The number of hydrogen-bond acceptors (Lipinski definition) is 4. The number of furan rings is 1. The first kappa shape index (κ1) is 22.1. The van der Waals surface area contributed by atoms with Crippen LogP contribution in [0.5, 0.6) is 5.75 Å². The highest BCUT2D eigenvalue weighted by atomic mass is 79.9. The van der Waals surface area contributed by atoms with Crippen molar-refractivity contribution >= 4 is 39.3 Å². The third-order valence-corrected chi connectivity index (χ3v) is 5.61. The number of anilines is 1. The third kappa shape index (κ3) is 5.03. The predicted octanol–water partition coefficient (Wildman–Crippen LogP) is 6.22. The van der Waals surface area contributed by atoms with Gasteiger partial charge in [-0.1, -0.05) is 35.9 Å². The first-order chi connectivity index (χ1) is 15.4. The summed E-state index contributed by atoms with van der Waals surface area (Å²) < 4.78 is 27.4. The van der Waals surface area contributed by atoms with Crippen molar-refractivity contribution in [3.05, 3.63) is 98.8 Å². The number of hydrogen-bond donors (Lipinski definition) is 1. The van der Waals surface area contributed by atoms with Gasteiger partial charge in [-0.25, -0.2) is 4.39 Å². The number of halogens is 3. The van der Waals surface area contributed by atoms with Crippen LogP contribution in [0.25, 0.3) is 0 Å². The molecule has 0 aliphatic carbocycles. The Bertz CT molecular complexity index is 1250. The fraction of sp³-hybridized carbons (Fsp3) is 0.130. The molecule has 0 aliphatic heterocycles. The largest absolute Gasteiger partial charge is 0.485 e. The number of nitrogens with zero attached hydrogens (tertiary/aromatic N) is 2. The van der Waals surface area contributed by atoms with Gasteiger partial charge in [-0.2, -0.15) is 5.10 Å². The Balaban J connectivity index is 1.41. The maximum absolute atomic E-state index is 14.0. The summed E-state index contributed by atoms with van der Waals surface area (Å²) in [5.41, 5.74) is 1.32. The molecule has 0 saturated carbocycles. The van der Waals surface area contributed by atoms with Gasteiger partial charge in [-0.3, -0.25) is 9.48 Å². The zero-order valence-electron chi connectivity index (χ0n) is 16.9. The van der Waals surface area contributed by atoms with Crippen molar-refractivity contribution < 1.29 is 18.3 Å². The Labute approximate surface area is 197 Å². The number of carbonyl (C=O) groups excluding carboxylic acids is 1. The molecule has 2 aromatic heterocycles. The maximum atomic E-state index is 14.0. The van der Waals surface area contributed by atoms with Crippen molar-refractivity contribution in [1.29, 1.82) is 0 Å². The summed E-state index contributed by atoms with van der Waals surface area (Å²) in [6.45, 7) is 2.26. The molecule has 2 aromatic carbocycles. The lowest BCUT2D eigenvalue weighted by molar-refractivity contribution is 0.0992. The van der Waals surface area contributed by atoms with E-state index in [0.717, 1.165) is 11.3 Å². The van der Waals surface area contributed by atoms with E-state index >= 15 is 0 Å². The number of para-hydroxylation sites is 1. The predicted molar refractivity (Wildman–Crippen MR) is 123 cm³/mol. The Morgan fingerprint density at radius 3 is 2.81 bits per heavy atom. The Hall–Kier alpha value is -3.10. The standard InChI is InChI=1S/C23H18BrClFN3O3/c1-14-5-2-3-8-20(14)31-13-15-9-10-21(32-15)23(30)27-22-17(24)12-29(28-22)11-16-18(25)6-4-7-19(16)26/h2-10,12H,11,13H2,1H3,(H,27,28,30). The van der Waals surface area contributed by atoms with E-state index in [4.69, 9.17) is 20.8 Å². The maximum Gasteiger partial charge on any atom is 0.292 e. The van der Waals surface area contributed by atoms with Gasteiger partial charge in [-0.05, 0) is 58.7 Å². The van der Waals surface area contributed by atoms with Gasteiger partial charge in [-0.15, -0.1) is 0 Å². The number of aryl methyl sites for hydroxylation is 1. The number of rotatable bonds is 7. The van der Waals surface area contributed by atoms with Crippen molar-refractivity contribution in [1.82, 2.24) is 9.78 Å². The summed E-state index contributed by atoms with van der Waals surface area (Å²) in [5.74, 6) is 0.757. The molecule has 4 aromatic rings. The normalized spacial score (nSPS) is 10.9. The second-order valence-corrected chi connectivity index (χ2v) is 8.26. The van der Waals surface area contributed by atoms with Crippen molar-refractivity contribution in [2.75, 3.05) is 5.32 Å². The summed E-state index contributed by atoms with van der Waals surface area (Å²) in [4.78, 5) is 12.6. The van der Waals surface area contributed by atoms with Crippen molar-refractivity contribution in [2.45, 2.75) is 20.1 Å². The highest BCUT2D eigenvalue weighted by molar-refractivity contribution is 9.10. The molecule has 6 nitrogen and oxygen atoms in total. The van der Waals surface area contributed by atoms with Gasteiger partial charge in [0.2, 0.25) is 0 Å². The van der Waals surface area contributed by atoms with Crippen LogP contribution in [-0.4, -0.2) is 15.7 Å². The minimum absolute atomic E-state index is 0.112. The number of aromatic nitrogens is 2. The zero-order chi connectivity index (χ0) is 22.7. The van der Waals surface area contributed by atoms with Crippen LogP contribution in [0, 0.1) is 12.7 Å². The van der Waals surface area contributed by atoms with E-state index in [1.165, 1.54) is 16.8 Å². The molecule has 0 fully saturated rings. The van der Waals surface area contributed by atoms with E-state index in [1.54, 1.807) is 24.4 Å². The van der Waals surface area contributed by atoms with Crippen molar-refractivity contribution in [3.63, 3.8) is 0 Å². The second-order valence-electron chi connectivity index (χ2n) is 7.00. The summed E-state index contributed by atoms with van der Waals surface area (Å²) in [5, 5.41) is 7.27. The molecule has 0 radical (unpaired) electrons. The number of carbonyl (C=O) groups is 1. The lowest BCUT2D eigenvalue weighted by atomic mass is 10.2. The van der Waals surface area contributed by atoms with E-state index in [0.29, 0.717) is 20.8 Å². The van der Waals surface area contributed by atoms with Gasteiger partial charge < -0.3 is 14.5 Å².